The largest absolute Gasteiger partial charge is 0.488 e. The van der Waals surface area contributed by atoms with Crippen LogP contribution in [0.2, 0.25) is 0 Å². The van der Waals surface area contributed by atoms with E-state index >= 15 is 0 Å². The van der Waals surface area contributed by atoms with E-state index < -0.39 is 11.7 Å². The Morgan fingerprint density at radius 1 is 1.21 bits per heavy atom. The second-order valence-corrected chi connectivity index (χ2v) is 7.46. The molecule has 0 fully saturated rings. The maximum absolute atomic E-state index is 11.9. The van der Waals surface area contributed by atoms with E-state index in [1.54, 1.807) is 21.6 Å². The van der Waals surface area contributed by atoms with E-state index in [9.17, 15) is 18.0 Å². The molecule has 1 aromatic carbocycles. The highest BCUT2D eigenvalue weighted by Crippen LogP contribution is 2.48. The number of halogens is 3. The van der Waals surface area contributed by atoms with Crippen LogP contribution in [0, 0.1) is 0 Å². The lowest BCUT2D eigenvalue weighted by Gasteiger charge is -2.19. The molecule has 0 saturated heterocycles. The summed E-state index contributed by atoms with van der Waals surface area (Å²) in [5, 5.41) is 1.95. The van der Waals surface area contributed by atoms with Crippen molar-refractivity contribution in [3.05, 3.63) is 41.0 Å². The van der Waals surface area contributed by atoms with Crippen molar-refractivity contribution in [2.75, 3.05) is 19.4 Å². The summed E-state index contributed by atoms with van der Waals surface area (Å²) in [6, 6.07) is 4.36. The van der Waals surface area contributed by atoms with Crippen LogP contribution >= 0.6 is 21.6 Å². The lowest BCUT2D eigenvalue weighted by molar-refractivity contribution is -0.137. The highest BCUT2D eigenvalue weighted by molar-refractivity contribution is 8.78. The van der Waals surface area contributed by atoms with Gasteiger partial charge in [-0.2, -0.15) is 13.2 Å². The fourth-order valence-corrected chi connectivity index (χ4v) is 3.76. The van der Waals surface area contributed by atoms with Crippen LogP contribution in [0.1, 0.15) is 19.4 Å². The molecule has 1 aliphatic rings. The zero-order valence-corrected chi connectivity index (χ0v) is 15.2. The molecule has 0 saturated carbocycles. The lowest BCUT2D eigenvalue weighted by Crippen LogP contribution is -2.16. The SMILES string of the molecule is CC1(C)SSC=C1OCC=O.CN.Nc1ccc(C(F)(F)F)cc1. The monoisotopic (exact) mass is 382 g/mol. The molecule has 0 aliphatic carbocycles. The van der Waals surface area contributed by atoms with Crippen molar-refractivity contribution in [3.63, 3.8) is 0 Å². The quantitative estimate of drug-likeness (QED) is 0.466. The van der Waals surface area contributed by atoms with Gasteiger partial charge in [0.2, 0.25) is 0 Å². The van der Waals surface area contributed by atoms with Crippen molar-refractivity contribution in [2.45, 2.75) is 24.8 Å². The van der Waals surface area contributed by atoms with E-state index in [2.05, 4.69) is 19.6 Å². The van der Waals surface area contributed by atoms with E-state index in [0.29, 0.717) is 5.69 Å². The van der Waals surface area contributed by atoms with Gasteiger partial charge in [-0.3, -0.25) is 4.79 Å². The standard InChI is InChI=1S/C7H6F3N.C7H10O2S2.CH5N/c8-7(9,10)5-1-3-6(11)4-2-5;1-7(2)6(5-10-11-7)9-4-3-8;1-2/h1-4H,11H2;3,5H,4H2,1-2H3;2H2,1H3. The van der Waals surface area contributed by atoms with Crippen molar-refractivity contribution in [2.24, 2.45) is 5.73 Å². The fourth-order valence-electron chi connectivity index (χ4n) is 1.37. The Balaban J connectivity index is 0.000000400. The molecule has 1 heterocycles. The Labute approximate surface area is 147 Å². The maximum Gasteiger partial charge on any atom is 0.416 e. The number of nitrogens with two attached hydrogens (primary N) is 2. The molecule has 0 spiro atoms. The number of nitrogen functional groups attached to an aromatic ring is 1. The number of benzene rings is 1. The number of aldehydes is 1. The van der Waals surface area contributed by atoms with Gasteiger partial charge >= 0.3 is 6.18 Å². The molecule has 0 amide bonds. The Kier molecular flexibility index (Phi) is 9.95. The van der Waals surface area contributed by atoms with Crippen molar-refractivity contribution >= 4 is 33.6 Å². The molecule has 4 N–H and O–H groups in total. The zero-order valence-electron chi connectivity index (χ0n) is 13.6. The third-order valence-corrected chi connectivity index (χ3v) is 5.40. The highest BCUT2D eigenvalue weighted by atomic mass is 33.1. The van der Waals surface area contributed by atoms with E-state index in [0.717, 1.165) is 24.2 Å². The van der Waals surface area contributed by atoms with Crippen LogP contribution in [-0.2, 0) is 15.7 Å². The fraction of sp³-hybridized carbons (Fsp3) is 0.400. The van der Waals surface area contributed by atoms with Gasteiger partial charge in [0, 0.05) is 11.1 Å². The number of alkyl halides is 3. The van der Waals surface area contributed by atoms with Crippen LogP contribution in [0.25, 0.3) is 0 Å². The molecule has 1 aromatic rings. The summed E-state index contributed by atoms with van der Waals surface area (Å²) < 4.78 is 40.9. The van der Waals surface area contributed by atoms with Gasteiger partial charge in [0.1, 0.15) is 12.4 Å². The van der Waals surface area contributed by atoms with E-state index in [1.807, 2.05) is 5.41 Å². The summed E-state index contributed by atoms with van der Waals surface area (Å²) in [6.45, 7) is 4.32. The molecule has 0 radical (unpaired) electrons. The van der Waals surface area contributed by atoms with E-state index in [4.69, 9.17) is 10.5 Å². The van der Waals surface area contributed by atoms with E-state index in [-0.39, 0.29) is 11.4 Å². The molecular weight excluding hydrogens is 361 g/mol. The molecule has 0 atom stereocenters. The maximum atomic E-state index is 11.9. The molecule has 0 unspecified atom stereocenters. The Morgan fingerprint density at radius 2 is 1.75 bits per heavy atom. The van der Waals surface area contributed by atoms with Crippen molar-refractivity contribution in [1.82, 2.24) is 0 Å². The lowest BCUT2D eigenvalue weighted by atomic mass is 10.2. The zero-order chi connectivity index (χ0) is 18.8. The number of anilines is 1. The predicted octanol–water partition coefficient (Wildman–Crippen LogP) is 4.08. The second kappa shape index (κ2) is 10.5. The van der Waals surface area contributed by atoms with Crippen LogP contribution in [0.15, 0.2) is 35.4 Å². The first-order chi connectivity index (χ1) is 11.2. The molecule has 136 valence electrons. The van der Waals surface area contributed by atoms with Crippen LogP contribution in [-0.4, -0.2) is 24.7 Å². The number of hydrogen-bond acceptors (Lipinski definition) is 6. The molecule has 24 heavy (non-hydrogen) atoms. The number of rotatable bonds is 3. The second-order valence-electron chi connectivity index (χ2n) is 4.77. The Hall–Kier alpha value is -1.32. The molecule has 9 heteroatoms. The highest BCUT2D eigenvalue weighted by Gasteiger charge is 2.31. The van der Waals surface area contributed by atoms with Gasteiger partial charge in [-0.25, -0.2) is 0 Å². The van der Waals surface area contributed by atoms with Gasteiger partial charge in [0.15, 0.2) is 6.29 Å². The summed E-state index contributed by atoms with van der Waals surface area (Å²) in [5.74, 6) is 0.902. The average Bonchev–Trinajstić information content (AvgIpc) is 2.86. The summed E-state index contributed by atoms with van der Waals surface area (Å²) in [7, 11) is 4.89. The van der Waals surface area contributed by atoms with Crippen molar-refractivity contribution in [3.8, 4) is 0 Å². The van der Waals surface area contributed by atoms with Crippen LogP contribution < -0.4 is 11.5 Å². The van der Waals surface area contributed by atoms with Gasteiger partial charge in [0.05, 0.1) is 10.3 Å². The molecule has 2 rings (SSSR count). The third-order valence-electron chi connectivity index (χ3n) is 2.55. The normalized spacial score (nSPS) is 15.2. The minimum Gasteiger partial charge on any atom is -0.488 e. The van der Waals surface area contributed by atoms with Gasteiger partial charge in [-0.15, -0.1) is 0 Å². The van der Waals surface area contributed by atoms with Crippen LogP contribution in [0.5, 0.6) is 0 Å². The number of carbonyl (C=O) groups excluding carboxylic acids is 1. The van der Waals surface area contributed by atoms with Gasteiger partial charge in [0.25, 0.3) is 0 Å². The smallest absolute Gasteiger partial charge is 0.416 e. The van der Waals surface area contributed by atoms with Crippen molar-refractivity contribution in [1.29, 1.82) is 0 Å². The molecular formula is C15H21F3N2O2S2. The summed E-state index contributed by atoms with van der Waals surface area (Å²) in [6.07, 6.45) is -3.50. The summed E-state index contributed by atoms with van der Waals surface area (Å²) >= 11 is 0. The Morgan fingerprint density at radius 3 is 2.12 bits per heavy atom. The minimum absolute atomic E-state index is 0.0215. The minimum atomic E-state index is -4.27. The topological polar surface area (TPSA) is 78.3 Å². The van der Waals surface area contributed by atoms with Gasteiger partial charge in [-0.05, 0) is 45.2 Å². The van der Waals surface area contributed by atoms with Crippen molar-refractivity contribution < 1.29 is 22.7 Å². The molecule has 1 aliphatic heterocycles. The first-order valence-electron chi connectivity index (χ1n) is 6.79. The Bertz CT molecular complexity index is 533. The predicted molar refractivity (Wildman–Crippen MR) is 95.3 cm³/mol. The number of hydrogen-bond donors (Lipinski definition) is 2. The van der Waals surface area contributed by atoms with Gasteiger partial charge in [-0.1, -0.05) is 21.6 Å². The molecule has 4 nitrogen and oxygen atoms in total. The molecule has 0 aromatic heterocycles. The van der Waals surface area contributed by atoms with E-state index in [1.165, 1.54) is 19.2 Å². The first-order valence-corrected chi connectivity index (χ1v) is 9.00. The number of ether oxygens (including phenoxy) is 1. The van der Waals surface area contributed by atoms with Crippen LogP contribution in [0.3, 0.4) is 0 Å². The van der Waals surface area contributed by atoms with Gasteiger partial charge < -0.3 is 16.2 Å². The summed E-state index contributed by atoms with van der Waals surface area (Å²) in [4.78, 5) is 10.0. The third kappa shape index (κ3) is 7.98. The molecule has 0 bridgehead atoms. The van der Waals surface area contributed by atoms with Crippen LogP contribution in [0.4, 0.5) is 18.9 Å². The number of carbonyl (C=O) groups is 1. The first kappa shape index (κ1) is 22.7. The summed E-state index contributed by atoms with van der Waals surface area (Å²) in [5.41, 5.74) is 9.36. The average molecular weight is 382 g/mol.